The quantitative estimate of drug-likeness (QED) is 0.538. The van der Waals surface area contributed by atoms with Crippen LogP contribution in [0.15, 0.2) is 48.0 Å². The first kappa shape index (κ1) is 19.3. The summed E-state index contributed by atoms with van der Waals surface area (Å²) >= 11 is 1.23. The molecular formula is C19H19N5O3S. The summed E-state index contributed by atoms with van der Waals surface area (Å²) < 4.78 is 5.42. The fourth-order valence-corrected chi connectivity index (χ4v) is 3.12. The van der Waals surface area contributed by atoms with Gasteiger partial charge in [0.1, 0.15) is 11.6 Å². The van der Waals surface area contributed by atoms with Crippen molar-refractivity contribution in [2.45, 2.75) is 13.3 Å². The van der Waals surface area contributed by atoms with E-state index in [2.05, 4.69) is 20.6 Å². The second-order valence-electron chi connectivity index (χ2n) is 5.72. The zero-order valence-electron chi connectivity index (χ0n) is 15.1. The predicted octanol–water partition coefficient (Wildman–Crippen LogP) is 2.96. The van der Waals surface area contributed by atoms with Crippen LogP contribution in [0.25, 0.3) is 0 Å². The van der Waals surface area contributed by atoms with Crippen molar-refractivity contribution in [2.75, 3.05) is 17.2 Å². The summed E-state index contributed by atoms with van der Waals surface area (Å²) in [5, 5.41) is 7.92. The lowest BCUT2D eigenvalue weighted by Crippen LogP contribution is -2.15. The van der Waals surface area contributed by atoms with E-state index in [0.29, 0.717) is 28.8 Å². The van der Waals surface area contributed by atoms with Crippen molar-refractivity contribution in [1.29, 1.82) is 0 Å². The molecule has 0 fully saturated rings. The third kappa shape index (κ3) is 5.04. The van der Waals surface area contributed by atoms with E-state index in [-0.39, 0.29) is 12.3 Å². The number of pyridine rings is 1. The summed E-state index contributed by atoms with van der Waals surface area (Å²) in [4.78, 5) is 32.1. The van der Waals surface area contributed by atoms with E-state index in [4.69, 9.17) is 10.5 Å². The Morgan fingerprint density at radius 1 is 1.21 bits per heavy atom. The third-order valence-electron chi connectivity index (χ3n) is 3.61. The molecule has 0 radical (unpaired) electrons. The number of carbonyl (C=O) groups is 2. The maximum absolute atomic E-state index is 12.7. The molecule has 0 aliphatic heterocycles. The van der Waals surface area contributed by atoms with Gasteiger partial charge >= 0.3 is 0 Å². The summed E-state index contributed by atoms with van der Waals surface area (Å²) in [7, 11) is 0. The highest BCUT2D eigenvalue weighted by molar-refractivity contribution is 7.14. The number of hydrogen-bond acceptors (Lipinski definition) is 7. The third-order valence-corrected chi connectivity index (χ3v) is 4.41. The highest BCUT2D eigenvalue weighted by Gasteiger charge is 2.15. The molecule has 3 rings (SSSR count). The largest absolute Gasteiger partial charge is 0.494 e. The standard InChI is InChI=1S/C19H19N5O3S/c1-2-27-14-7-5-12(6-8-14)22-17-15(4-3-9-21-17)18(26)24-19-23-13(11-28-19)10-16(20)25/h3-9,11H,2,10H2,1H3,(H2,20,25)(H,21,22)(H,23,24,26). The second kappa shape index (κ2) is 8.96. The lowest BCUT2D eigenvalue weighted by atomic mass is 10.2. The highest BCUT2D eigenvalue weighted by atomic mass is 32.1. The number of nitrogens with one attached hydrogen (secondary N) is 2. The van der Waals surface area contributed by atoms with Gasteiger partial charge in [-0.05, 0) is 43.3 Å². The van der Waals surface area contributed by atoms with Gasteiger partial charge in [-0.1, -0.05) is 0 Å². The van der Waals surface area contributed by atoms with Crippen molar-refractivity contribution in [2.24, 2.45) is 5.73 Å². The number of rotatable bonds is 8. The summed E-state index contributed by atoms with van der Waals surface area (Å²) in [6.45, 7) is 2.51. The van der Waals surface area contributed by atoms with Crippen molar-refractivity contribution >= 4 is 39.8 Å². The van der Waals surface area contributed by atoms with Gasteiger partial charge in [0, 0.05) is 17.3 Å². The maximum atomic E-state index is 12.7. The smallest absolute Gasteiger partial charge is 0.261 e. The molecule has 28 heavy (non-hydrogen) atoms. The number of benzene rings is 1. The van der Waals surface area contributed by atoms with Crippen LogP contribution in [-0.2, 0) is 11.2 Å². The normalized spacial score (nSPS) is 10.3. The summed E-state index contributed by atoms with van der Waals surface area (Å²) in [6, 6.07) is 10.7. The SMILES string of the molecule is CCOc1ccc(Nc2ncccc2C(=O)Nc2nc(CC(N)=O)cs2)cc1. The van der Waals surface area contributed by atoms with Crippen molar-refractivity contribution in [1.82, 2.24) is 9.97 Å². The molecule has 3 aromatic rings. The van der Waals surface area contributed by atoms with E-state index < -0.39 is 5.91 Å². The fourth-order valence-electron chi connectivity index (χ4n) is 2.41. The van der Waals surface area contributed by atoms with Crippen molar-refractivity contribution in [3.63, 3.8) is 0 Å². The van der Waals surface area contributed by atoms with Gasteiger partial charge < -0.3 is 15.8 Å². The van der Waals surface area contributed by atoms with E-state index in [1.165, 1.54) is 11.3 Å². The Balaban J connectivity index is 1.73. The minimum Gasteiger partial charge on any atom is -0.494 e. The van der Waals surface area contributed by atoms with Gasteiger partial charge in [-0.2, -0.15) is 0 Å². The molecule has 0 atom stereocenters. The van der Waals surface area contributed by atoms with E-state index in [1.807, 2.05) is 31.2 Å². The van der Waals surface area contributed by atoms with Gasteiger partial charge in [0.2, 0.25) is 5.91 Å². The van der Waals surface area contributed by atoms with Gasteiger partial charge in [0.15, 0.2) is 5.13 Å². The van der Waals surface area contributed by atoms with Gasteiger partial charge in [-0.3, -0.25) is 14.9 Å². The lowest BCUT2D eigenvalue weighted by molar-refractivity contribution is -0.117. The molecular weight excluding hydrogens is 378 g/mol. The second-order valence-corrected chi connectivity index (χ2v) is 6.58. The molecule has 2 amide bonds. The Bertz CT molecular complexity index is 972. The van der Waals surface area contributed by atoms with Crippen LogP contribution in [0.2, 0.25) is 0 Å². The molecule has 0 spiro atoms. The van der Waals surface area contributed by atoms with Crippen LogP contribution >= 0.6 is 11.3 Å². The molecule has 0 saturated carbocycles. The van der Waals surface area contributed by atoms with E-state index in [0.717, 1.165) is 11.4 Å². The number of amides is 2. The monoisotopic (exact) mass is 397 g/mol. The average Bonchev–Trinajstić information content (AvgIpc) is 3.10. The number of carbonyl (C=O) groups excluding carboxylic acids is 2. The molecule has 0 aliphatic rings. The molecule has 0 unspecified atom stereocenters. The molecule has 9 heteroatoms. The molecule has 1 aromatic carbocycles. The zero-order chi connectivity index (χ0) is 19.9. The lowest BCUT2D eigenvalue weighted by Gasteiger charge is -2.11. The first-order valence-corrected chi connectivity index (χ1v) is 9.42. The van der Waals surface area contributed by atoms with Crippen molar-refractivity contribution < 1.29 is 14.3 Å². The van der Waals surface area contributed by atoms with Gasteiger partial charge in [0.05, 0.1) is 24.3 Å². The minimum absolute atomic E-state index is 0.0316. The Labute approximate surface area is 165 Å². The molecule has 2 aromatic heterocycles. The molecule has 144 valence electrons. The van der Waals surface area contributed by atoms with Gasteiger partial charge in [-0.25, -0.2) is 9.97 Å². The Morgan fingerprint density at radius 2 is 2.00 bits per heavy atom. The van der Waals surface area contributed by atoms with Gasteiger partial charge in [-0.15, -0.1) is 11.3 Å². The molecule has 0 saturated heterocycles. The molecule has 8 nitrogen and oxygen atoms in total. The first-order chi connectivity index (χ1) is 13.5. The number of aromatic nitrogens is 2. The van der Waals surface area contributed by atoms with Crippen LogP contribution in [0.3, 0.4) is 0 Å². The van der Waals surface area contributed by atoms with Crippen LogP contribution in [-0.4, -0.2) is 28.4 Å². The molecule has 2 heterocycles. The van der Waals surface area contributed by atoms with Gasteiger partial charge in [0.25, 0.3) is 5.91 Å². The Hall–Kier alpha value is -3.46. The van der Waals surface area contributed by atoms with E-state index in [9.17, 15) is 9.59 Å². The number of nitrogens with two attached hydrogens (primary N) is 1. The summed E-state index contributed by atoms with van der Waals surface area (Å²) in [6.07, 6.45) is 1.63. The van der Waals surface area contributed by atoms with Crippen molar-refractivity contribution in [3.8, 4) is 5.75 Å². The topological polar surface area (TPSA) is 119 Å². The summed E-state index contributed by atoms with van der Waals surface area (Å²) in [5.41, 5.74) is 6.82. The Kier molecular flexibility index (Phi) is 6.18. The van der Waals surface area contributed by atoms with E-state index >= 15 is 0 Å². The number of hydrogen-bond donors (Lipinski definition) is 3. The van der Waals surface area contributed by atoms with Crippen LogP contribution in [0.1, 0.15) is 23.0 Å². The van der Waals surface area contributed by atoms with Crippen molar-refractivity contribution in [3.05, 3.63) is 59.2 Å². The summed E-state index contributed by atoms with van der Waals surface area (Å²) in [5.74, 6) is 0.347. The van der Waals surface area contributed by atoms with E-state index in [1.54, 1.807) is 23.7 Å². The van der Waals surface area contributed by atoms with Crippen LogP contribution in [0, 0.1) is 0 Å². The van der Waals surface area contributed by atoms with Crippen LogP contribution < -0.4 is 21.1 Å². The predicted molar refractivity (Wildman–Crippen MR) is 108 cm³/mol. The van der Waals surface area contributed by atoms with Crippen LogP contribution in [0.5, 0.6) is 5.75 Å². The molecule has 4 N–H and O–H groups in total. The highest BCUT2D eigenvalue weighted by Crippen LogP contribution is 2.23. The number of ether oxygens (including phenoxy) is 1. The number of anilines is 3. The van der Waals surface area contributed by atoms with Crippen LogP contribution in [0.4, 0.5) is 16.6 Å². The maximum Gasteiger partial charge on any atom is 0.261 e. The minimum atomic E-state index is -0.475. The number of thiazole rings is 1. The molecule has 0 bridgehead atoms. The number of primary amides is 1. The number of nitrogens with zero attached hydrogens (tertiary/aromatic N) is 2. The first-order valence-electron chi connectivity index (χ1n) is 8.54. The zero-order valence-corrected chi connectivity index (χ0v) is 16.0. The Morgan fingerprint density at radius 3 is 2.71 bits per heavy atom. The fraction of sp³-hybridized carbons (Fsp3) is 0.158. The molecule has 0 aliphatic carbocycles. The average molecular weight is 397 g/mol.